The molecule has 3 aromatic rings. The Morgan fingerprint density at radius 2 is 1.92 bits per heavy atom. The number of hydrogen-bond acceptors (Lipinski definition) is 4. The van der Waals surface area contributed by atoms with Crippen molar-refractivity contribution in [1.29, 1.82) is 0 Å². The average Bonchev–Trinajstić information content (AvgIpc) is 3.18. The summed E-state index contributed by atoms with van der Waals surface area (Å²) in [6.07, 6.45) is 0.170. The largest absolute Gasteiger partial charge is 0.389 e. The Bertz CT molecular complexity index is 836. The number of thiophene rings is 1. The fraction of sp³-hybridized carbons (Fsp3) is 0.389. The Labute approximate surface area is 144 Å². The van der Waals surface area contributed by atoms with Crippen LogP contribution >= 0.6 is 11.3 Å². The van der Waals surface area contributed by atoms with Gasteiger partial charge in [0.2, 0.25) is 0 Å². The van der Waals surface area contributed by atoms with Gasteiger partial charge < -0.3 is 9.84 Å². The molecule has 0 aliphatic rings. The van der Waals surface area contributed by atoms with Crippen LogP contribution in [0.5, 0.6) is 0 Å². The first-order valence-corrected chi connectivity index (χ1v) is 9.05. The molecule has 5 nitrogen and oxygen atoms in total. The molecule has 1 unspecified atom stereocenters. The Morgan fingerprint density at radius 1 is 1.17 bits per heavy atom. The van der Waals surface area contributed by atoms with Crippen molar-refractivity contribution in [1.82, 2.24) is 9.13 Å². The van der Waals surface area contributed by atoms with Gasteiger partial charge in [0.15, 0.2) is 0 Å². The van der Waals surface area contributed by atoms with Gasteiger partial charge in [0.05, 0.1) is 36.9 Å². The molecule has 6 heteroatoms. The van der Waals surface area contributed by atoms with Crippen molar-refractivity contribution in [3.8, 4) is 0 Å². The Morgan fingerprint density at radius 3 is 2.58 bits per heavy atom. The number of aliphatic hydroxyl groups is 1. The van der Waals surface area contributed by atoms with Gasteiger partial charge in [0.25, 0.3) is 0 Å². The molecule has 1 atom stereocenters. The summed E-state index contributed by atoms with van der Waals surface area (Å²) in [6, 6.07) is 11.7. The molecule has 0 bridgehead atoms. The number of ether oxygens (including phenoxy) is 1. The van der Waals surface area contributed by atoms with Gasteiger partial charge >= 0.3 is 5.69 Å². The van der Waals surface area contributed by atoms with Crippen LogP contribution in [0.25, 0.3) is 11.0 Å². The Balaban J connectivity index is 1.72. The standard InChI is InChI=1S/C18H22N2O3S/c1-2-9-19-16-7-3-4-8-17(16)20(18(19)22)11-14(21)12-23-13-15-6-5-10-24-15/h3-8,10,14,21H,2,9,11-13H2,1H3. The second kappa shape index (κ2) is 7.79. The third-order valence-electron chi connectivity index (χ3n) is 3.90. The van der Waals surface area contributed by atoms with Crippen LogP contribution in [0.1, 0.15) is 18.2 Å². The van der Waals surface area contributed by atoms with Crippen molar-refractivity contribution >= 4 is 22.4 Å². The third-order valence-corrected chi connectivity index (χ3v) is 4.75. The fourth-order valence-electron chi connectivity index (χ4n) is 2.84. The molecule has 2 heterocycles. The molecule has 0 saturated carbocycles. The van der Waals surface area contributed by atoms with Gasteiger partial charge in [-0.3, -0.25) is 9.13 Å². The van der Waals surface area contributed by atoms with Crippen LogP contribution in [-0.4, -0.2) is 27.0 Å². The van der Waals surface area contributed by atoms with Gasteiger partial charge in [-0.25, -0.2) is 4.79 Å². The molecule has 0 radical (unpaired) electrons. The van der Waals surface area contributed by atoms with E-state index in [0.29, 0.717) is 13.2 Å². The first-order chi connectivity index (χ1) is 11.7. The van der Waals surface area contributed by atoms with E-state index >= 15 is 0 Å². The molecule has 128 valence electrons. The highest BCUT2D eigenvalue weighted by Crippen LogP contribution is 2.14. The van der Waals surface area contributed by atoms with E-state index in [2.05, 4.69) is 0 Å². The summed E-state index contributed by atoms with van der Waals surface area (Å²) in [6.45, 7) is 3.66. The van der Waals surface area contributed by atoms with E-state index in [9.17, 15) is 9.90 Å². The van der Waals surface area contributed by atoms with Crippen molar-refractivity contribution in [2.24, 2.45) is 0 Å². The maximum atomic E-state index is 12.7. The average molecular weight is 346 g/mol. The zero-order valence-electron chi connectivity index (χ0n) is 13.7. The number of benzene rings is 1. The second-order valence-electron chi connectivity index (χ2n) is 5.78. The predicted octanol–water partition coefficient (Wildman–Crippen LogP) is 2.85. The van der Waals surface area contributed by atoms with Crippen molar-refractivity contribution in [3.05, 3.63) is 57.1 Å². The van der Waals surface area contributed by atoms with Crippen molar-refractivity contribution in [2.45, 2.75) is 39.1 Å². The predicted molar refractivity (Wildman–Crippen MR) is 96.5 cm³/mol. The minimum absolute atomic E-state index is 0.0737. The highest BCUT2D eigenvalue weighted by atomic mass is 32.1. The molecule has 0 aliphatic carbocycles. The topological polar surface area (TPSA) is 56.4 Å². The van der Waals surface area contributed by atoms with Gasteiger partial charge in [0, 0.05) is 11.4 Å². The normalized spacial score (nSPS) is 12.8. The summed E-state index contributed by atoms with van der Waals surface area (Å²) in [7, 11) is 0. The lowest BCUT2D eigenvalue weighted by Gasteiger charge is -2.12. The molecule has 0 aliphatic heterocycles. The highest BCUT2D eigenvalue weighted by Gasteiger charge is 2.15. The van der Waals surface area contributed by atoms with E-state index in [-0.39, 0.29) is 18.8 Å². The molecular formula is C18H22N2O3S. The number of rotatable bonds is 8. The molecule has 0 spiro atoms. The minimum Gasteiger partial charge on any atom is -0.389 e. The number of aromatic nitrogens is 2. The lowest BCUT2D eigenvalue weighted by molar-refractivity contribution is 0.0213. The van der Waals surface area contributed by atoms with Gasteiger partial charge in [-0.1, -0.05) is 25.1 Å². The first-order valence-electron chi connectivity index (χ1n) is 8.17. The number of aryl methyl sites for hydroxylation is 1. The van der Waals surface area contributed by atoms with Crippen LogP contribution in [-0.2, 0) is 24.4 Å². The Hall–Kier alpha value is -1.89. The van der Waals surface area contributed by atoms with Crippen LogP contribution in [0.3, 0.4) is 0 Å². The maximum Gasteiger partial charge on any atom is 0.329 e. The lowest BCUT2D eigenvalue weighted by Crippen LogP contribution is -2.30. The molecule has 3 rings (SSSR count). The van der Waals surface area contributed by atoms with E-state index in [0.717, 1.165) is 22.3 Å². The fourth-order valence-corrected chi connectivity index (χ4v) is 3.48. The molecule has 0 amide bonds. The monoisotopic (exact) mass is 346 g/mol. The molecule has 0 saturated heterocycles. The second-order valence-corrected chi connectivity index (χ2v) is 6.81. The first kappa shape index (κ1) is 17.0. The van der Waals surface area contributed by atoms with E-state index in [4.69, 9.17) is 4.74 Å². The van der Waals surface area contributed by atoms with Crippen molar-refractivity contribution in [3.63, 3.8) is 0 Å². The highest BCUT2D eigenvalue weighted by molar-refractivity contribution is 7.09. The van der Waals surface area contributed by atoms with Crippen molar-refractivity contribution in [2.75, 3.05) is 6.61 Å². The quantitative estimate of drug-likeness (QED) is 0.682. The van der Waals surface area contributed by atoms with Crippen LogP contribution in [0.4, 0.5) is 0 Å². The van der Waals surface area contributed by atoms with E-state index < -0.39 is 6.10 Å². The zero-order valence-corrected chi connectivity index (χ0v) is 14.5. The number of aliphatic hydroxyl groups excluding tert-OH is 1. The summed E-state index contributed by atoms with van der Waals surface area (Å²) < 4.78 is 8.97. The van der Waals surface area contributed by atoms with Crippen LogP contribution in [0.15, 0.2) is 46.6 Å². The van der Waals surface area contributed by atoms with Crippen LogP contribution in [0, 0.1) is 0 Å². The summed E-state index contributed by atoms with van der Waals surface area (Å²) in [5.74, 6) is 0. The number of hydrogen-bond donors (Lipinski definition) is 1. The van der Waals surface area contributed by atoms with Gasteiger partial charge in [-0.15, -0.1) is 11.3 Å². The van der Waals surface area contributed by atoms with Crippen LogP contribution in [0.2, 0.25) is 0 Å². The van der Waals surface area contributed by atoms with Crippen LogP contribution < -0.4 is 5.69 Å². The SMILES string of the molecule is CCCn1c(=O)n(CC(O)COCc2cccs2)c2ccccc21. The van der Waals surface area contributed by atoms with Crippen molar-refractivity contribution < 1.29 is 9.84 Å². The minimum atomic E-state index is -0.719. The summed E-state index contributed by atoms with van der Waals surface area (Å²) in [5, 5.41) is 12.3. The molecule has 1 N–H and O–H groups in total. The lowest BCUT2D eigenvalue weighted by atomic mass is 10.3. The smallest absolute Gasteiger partial charge is 0.329 e. The number of para-hydroxylation sites is 2. The molecular weight excluding hydrogens is 324 g/mol. The van der Waals surface area contributed by atoms with E-state index in [1.807, 2.05) is 48.7 Å². The molecule has 24 heavy (non-hydrogen) atoms. The molecule has 0 fully saturated rings. The number of nitrogens with zero attached hydrogens (tertiary/aromatic N) is 2. The number of imidazole rings is 1. The maximum absolute atomic E-state index is 12.7. The van der Waals surface area contributed by atoms with Gasteiger partial charge in [-0.05, 0) is 30.0 Å². The number of fused-ring (bicyclic) bond motifs is 1. The van der Waals surface area contributed by atoms with Gasteiger partial charge in [-0.2, -0.15) is 0 Å². The Kier molecular flexibility index (Phi) is 5.50. The summed E-state index contributed by atoms with van der Waals surface area (Å²) in [4.78, 5) is 13.8. The van der Waals surface area contributed by atoms with E-state index in [1.165, 1.54) is 0 Å². The third kappa shape index (κ3) is 3.61. The summed E-state index contributed by atoms with van der Waals surface area (Å²) >= 11 is 1.63. The zero-order chi connectivity index (χ0) is 16.9. The van der Waals surface area contributed by atoms with E-state index in [1.54, 1.807) is 20.5 Å². The van der Waals surface area contributed by atoms with Gasteiger partial charge in [0.1, 0.15) is 0 Å². The molecule has 1 aromatic carbocycles. The summed E-state index contributed by atoms with van der Waals surface area (Å²) in [5.41, 5.74) is 1.69. The molecule has 2 aromatic heterocycles.